The standard InChI is InChI=1S/C15H21F3N2O/c1-19(8-9-20-6-2-3-7-20)13-5-4-12(11-21)14(10-13)15(16,17)18/h4-5,10,21H,2-3,6-9,11H2,1H3. The van der Waals surface area contributed by atoms with Crippen molar-refractivity contribution in [2.75, 3.05) is 38.1 Å². The Morgan fingerprint density at radius 1 is 1.24 bits per heavy atom. The van der Waals surface area contributed by atoms with Crippen molar-refractivity contribution in [1.29, 1.82) is 0 Å². The lowest BCUT2D eigenvalue weighted by Gasteiger charge is -2.24. The summed E-state index contributed by atoms with van der Waals surface area (Å²) in [6.45, 7) is 3.10. The quantitative estimate of drug-likeness (QED) is 0.906. The zero-order chi connectivity index (χ0) is 15.5. The SMILES string of the molecule is CN(CCN1CCCC1)c1ccc(CO)c(C(F)(F)F)c1. The molecule has 0 spiro atoms. The summed E-state index contributed by atoms with van der Waals surface area (Å²) in [5.74, 6) is 0. The normalized spacial score (nSPS) is 16.4. The molecule has 0 atom stereocenters. The van der Waals surface area contributed by atoms with Crippen LogP contribution in [0.15, 0.2) is 18.2 Å². The number of aliphatic hydroxyl groups excluding tert-OH is 1. The summed E-state index contributed by atoms with van der Waals surface area (Å²) in [5.41, 5.74) is -0.312. The molecule has 21 heavy (non-hydrogen) atoms. The lowest BCUT2D eigenvalue weighted by Crippen LogP contribution is -2.31. The van der Waals surface area contributed by atoms with Crippen LogP contribution >= 0.6 is 0 Å². The van der Waals surface area contributed by atoms with Gasteiger partial charge in [0.25, 0.3) is 0 Å². The topological polar surface area (TPSA) is 26.7 Å². The summed E-state index contributed by atoms with van der Waals surface area (Å²) in [5, 5.41) is 9.04. The van der Waals surface area contributed by atoms with Gasteiger partial charge in [0, 0.05) is 25.8 Å². The average molecular weight is 302 g/mol. The Bertz CT molecular complexity index is 470. The summed E-state index contributed by atoms with van der Waals surface area (Å²) in [6.07, 6.45) is -2.04. The molecule has 0 unspecified atom stereocenters. The lowest BCUT2D eigenvalue weighted by molar-refractivity contribution is -0.138. The van der Waals surface area contributed by atoms with Gasteiger partial charge in [0.1, 0.15) is 0 Å². The first kappa shape index (κ1) is 16.1. The van der Waals surface area contributed by atoms with E-state index in [-0.39, 0.29) is 5.56 Å². The number of anilines is 1. The summed E-state index contributed by atoms with van der Waals surface area (Å²) in [6, 6.07) is 4.10. The van der Waals surface area contributed by atoms with Crippen LogP contribution in [0.3, 0.4) is 0 Å². The van der Waals surface area contributed by atoms with Crippen LogP contribution in [0.25, 0.3) is 0 Å². The van der Waals surface area contributed by atoms with Crippen molar-refractivity contribution < 1.29 is 18.3 Å². The molecule has 1 saturated heterocycles. The lowest BCUT2D eigenvalue weighted by atomic mass is 10.1. The number of likely N-dealkylation sites (N-methyl/N-ethyl adjacent to an activating group) is 1. The zero-order valence-corrected chi connectivity index (χ0v) is 12.2. The van der Waals surface area contributed by atoms with Crippen molar-refractivity contribution in [3.05, 3.63) is 29.3 Å². The minimum atomic E-state index is -4.44. The van der Waals surface area contributed by atoms with E-state index in [9.17, 15) is 13.2 Å². The fourth-order valence-electron chi connectivity index (χ4n) is 2.63. The maximum Gasteiger partial charge on any atom is 0.416 e. The van der Waals surface area contributed by atoms with Gasteiger partial charge in [-0.25, -0.2) is 0 Å². The Morgan fingerprint density at radius 2 is 1.90 bits per heavy atom. The first-order chi connectivity index (χ1) is 9.91. The molecule has 1 aromatic rings. The summed E-state index contributed by atoms with van der Waals surface area (Å²) >= 11 is 0. The number of alkyl halides is 3. The van der Waals surface area contributed by atoms with Crippen LogP contribution in [0.2, 0.25) is 0 Å². The van der Waals surface area contributed by atoms with Crippen LogP contribution in [0.5, 0.6) is 0 Å². The largest absolute Gasteiger partial charge is 0.416 e. The van der Waals surface area contributed by atoms with E-state index < -0.39 is 18.3 Å². The highest BCUT2D eigenvalue weighted by Crippen LogP contribution is 2.34. The Hall–Kier alpha value is -1.27. The minimum Gasteiger partial charge on any atom is -0.392 e. The third-order valence-electron chi connectivity index (χ3n) is 3.96. The molecule has 1 aliphatic rings. The number of halogens is 3. The van der Waals surface area contributed by atoms with Gasteiger partial charge in [-0.05, 0) is 43.6 Å². The molecule has 1 heterocycles. The summed E-state index contributed by atoms with van der Waals surface area (Å²) in [4.78, 5) is 4.15. The maximum atomic E-state index is 13.0. The molecule has 1 aromatic carbocycles. The molecule has 1 fully saturated rings. The molecule has 0 bridgehead atoms. The van der Waals surface area contributed by atoms with Gasteiger partial charge in [-0.2, -0.15) is 13.2 Å². The van der Waals surface area contributed by atoms with Crippen molar-refractivity contribution in [2.45, 2.75) is 25.6 Å². The molecule has 1 aliphatic heterocycles. The van der Waals surface area contributed by atoms with Gasteiger partial charge in [0.2, 0.25) is 0 Å². The second-order valence-corrected chi connectivity index (χ2v) is 5.47. The summed E-state index contributed by atoms with van der Waals surface area (Å²) < 4.78 is 38.9. The fourth-order valence-corrected chi connectivity index (χ4v) is 2.63. The van der Waals surface area contributed by atoms with Gasteiger partial charge in [0.15, 0.2) is 0 Å². The van der Waals surface area contributed by atoms with Gasteiger partial charge in [-0.1, -0.05) is 6.07 Å². The van der Waals surface area contributed by atoms with Crippen molar-refractivity contribution in [1.82, 2.24) is 4.90 Å². The molecule has 3 nitrogen and oxygen atoms in total. The number of hydrogen-bond donors (Lipinski definition) is 1. The molecule has 0 radical (unpaired) electrons. The molecule has 0 amide bonds. The van der Waals surface area contributed by atoms with Gasteiger partial charge < -0.3 is 14.9 Å². The van der Waals surface area contributed by atoms with Crippen LogP contribution in [0.4, 0.5) is 18.9 Å². The van der Waals surface area contributed by atoms with Crippen LogP contribution < -0.4 is 4.90 Å². The Labute approximate surface area is 123 Å². The smallest absolute Gasteiger partial charge is 0.392 e. The number of nitrogens with zero attached hydrogens (tertiary/aromatic N) is 2. The predicted molar refractivity (Wildman–Crippen MR) is 76.3 cm³/mol. The van der Waals surface area contributed by atoms with Crippen molar-refractivity contribution in [2.24, 2.45) is 0 Å². The molecular formula is C15H21F3N2O. The Balaban J connectivity index is 2.08. The maximum absolute atomic E-state index is 13.0. The predicted octanol–water partition coefficient (Wildman–Crippen LogP) is 2.73. The Morgan fingerprint density at radius 3 is 2.48 bits per heavy atom. The van der Waals surface area contributed by atoms with Crippen molar-refractivity contribution >= 4 is 5.69 Å². The van der Waals surface area contributed by atoms with Crippen molar-refractivity contribution in [3.63, 3.8) is 0 Å². The number of hydrogen-bond acceptors (Lipinski definition) is 3. The third-order valence-corrected chi connectivity index (χ3v) is 3.96. The second-order valence-electron chi connectivity index (χ2n) is 5.47. The molecule has 118 valence electrons. The van der Waals surface area contributed by atoms with E-state index in [0.717, 1.165) is 25.7 Å². The van der Waals surface area contributed by atoms with Gasteiger partial charge in [-0.3, -0.25) is 0 Å². The molecule has 0 aromatic heterocycles. The van der Waals surface area contributed by atoms with E-state index >= 15 is 0 Å². The van der Waals surface area contributed by atoms with Crippen LogP contribution in [-0.4, -0.2) is 43.2 Å². The zero-order valence-electron chi connectivity index (χ0n) is 12.2. The highest BCUT2D eigenvalue weighted by Gasteiger charge is 2.33. The molecule has 6 heteroatoms. The molecule has 2 rings (SSSR count). The third kappa shape index (κ3) is 4.11. The highest BCUT2D eigenvalue weighted by molar-refractivity contribution is 5.51. The number of benzene rings is 1. The van der Waals surface area contributed by atoms with Crippen LogP contribution in [0, 0.1) is 0 Å². The minimum absolute atomic E-state index is 0.0841. The van der Waals surface area contributed by atoms with Gasteiger partial charge in [0.05, 0.1) is 12.2 Å². The van der Waals surface area contributed by atoms with Gasteiger partial charge in [-0.15, -0.1) is 0 Å². The number of aliphatic hydroxyl groups is 1. The van der Waals surface area contributed by atoms with E-state index in [0.29, 0.717) is 12.2 Å². The first-order valence-electron chi connectivity index (χ1n) is 7.16. The van der Waals surface area contributed by atoms with E-state index in [1.165, 1.54) is 18.9 Å². The van der Waals surface area contributed by atoms with E-state index in [2.05, 4.69) is 4.90 Å². The highest BCUT2D eigenvalue weighted by atomic mass is 19.4. The second kappa shape index (κ2) is 6.66. The van der Waals surface area contributed by atoms with E-state index in [1.807, 2.05) is 4.90 Å². The molecule has 0 aliphatic carbocycles. The Kier molecular flexibility index (Phi) is 5.11. The monoisotopic (exact) mass is 302 g/mol. The fraction of sp³-hybridized carbons (Fsp3) is 0.600. The van der Waals surface area contributed by atoms with Gasteiger partial charge >= 0.3 is 6.18 Å². The molecular weight excluding hydrogens is 281 g/mol. The molecule has 1 N–H and O–H groups in total. The van der Waals surface area contributed by atoms with Crippen LogP contribution in [0.1, 0.15) is 24.0 Å². The summed E-state index contributed by atoms with van der Waals surface area (Å²) in [7, 11) is 1.80. The number of likely N-dealkylation sites (tertiary alicyclic amines) is 1. The van der Waals surface area contributed by atoms with Crippen LogP contribution in [-0.2, 0) is 12.8 Å². The number of rotatable bonds is 5. The average Bonchev–Trinajstić information content (AvgIpc) is 2.96. The van der Waals surface area contributed by atoms with E-state index in [1.54, 1.807) is 13.1 Å². The van der Waals surface area contributed by atoms with E-state index in [4.69, 9.17) is 5.11 Å². The van der Waals surface area contributed by atoms with Crippen molar-refractivity contribution in [3.8, 4) is 0 Å². The first-order valence-corrected chi connectivity index (χ1v) is 7.16. The molecule has 0 saturated carbocycles.